The van der Waals surface area contributed by atoms with E-state index in [0.717, 1.165) is 29.2 Å². The first-order valence-corrected chi connectivity index (χ1v) is 8.21. The Kier molecular flexibility index (Phi) is 4.06. The van der Waals surface area contributed by atoms with E-state index in [-0.39, 0.29) is 5.91 Å². The predicted molar refractivity (Wildman–Crippen MR) is 85.5 cm³/mol. The second kappa shape index (κ2) is 5.98. The minimum absolute atomic E-state index is 0.117. The predicted octanol–water partition coefficient (Wildman–Crippen LogP) is 3.54. The number of amides is 1. The van der Waals surface area contributed by atoms with Crippen LogP contribution in [0.2, 0.25) is 0 Å². The Morgan fingerprint density at radius 1 is 1.52 bits per heavy atom. The van der Waals surface area contributed by atoms with Gasteiger partial charge in [-0.2, -0.15) is 0 Å². The number of carbonyl (C=O) groups excluding carboxylic acids is 1. The third-order valence-corrected chi connectivity index (χ3v) is 5.25. The minimum atomic E-state index is 0.117. The molecule has 2 aromatic heterocycles. The van der Waals surface area contributed by atoms with Crippen LogP contribution in [0.15, 0.2) is 30.6 Å². The lowest BCUT2D eigenvalue weighted by Gasteiger charge is -2.16. The van der Waals surface area contributed by atoms with Crippen LogP contribution in [0, 0.1) is 5.92 Å². The first kappa shape index (κ1) is 14.3. The molecule has 1 unspecified atom stereocenters. The highest BCUT2D eigenvalue weighted by Gasteiger charge is 2.22. The number of pyridine rings is 1. The van der Waals surface area contributed by atoms with Crippen molar-refractivity contribution < 1.29 is 4.79 Å². The second-order valence-corrected chi connectivity index (χ2v) is 7.07. The summed E-state index contributed by atoms with van der Waals surface area (Å²) in [4.78, 5) is 20.7. The topological polar surface area (TPSA) is 33.2 Å². The molecular weight excluding hydrogens is 280 g/mol. The maximum absolute atomic E-state index is 12.6. The first-order chi connectivity index (χ1) is 10.1. The van der Waals surface area contributed by atoms with Gasteiger partial charge in [-0.25, -0.2) is 0 Å². The molecule has 2 aromatic rings. The van der Waals surface area contributed by atoms with E-state index >= 15 is 0 Å². The van der Waals surface area contributed by atoms with Crippen molar-refractivity contribution in [3.63, 3.8) is 0 Å². The van der Waals surface area contributed by atoms with Gasteiger partial charge in [-0.1, -0.05) is 13.0 Å². The van der Waals surface area contributed by atoms with E-state index in [9.17, 15) is 4.79 Å². The van der Waals surface area contributed by atoms with Crippen LogP contribution in [-0.4, -0.2) is 22.8 Å². The highest BCUT2D eigenvalue weighted by atomic mass is 32.1. The molecule has 0 fully saturated rings. The maximum atomic E-state index is 12.6. The summed E-state index contributed by atoms with van der Waals surface area (Å²) in [5.74, 6) is 0.856. The summed E-state index contributed by atoms with van der Waals surface area (Å²) in [5.41, 5.74) is 2.44. The summed E-state index contributed by atoms with van der Waals surface area (Å²) < 4.78 is 0. The Morgan fingerprint density at radius 2 is 2.38 bits per heavy atom. The lowest BCUT2D eigenvalue weighted by Crippen LogP contribution is -2.25. The Hall–Kier alpha value is -1.68. The van der Waals surface area contributed by atoms with Crippen LogP contribution in [0.25, 0.3) is 0 Å². The molecule has 3 rings (SSSR count). The van der Waals surface area contributed by atoms with Gasteiger partial charge in [0.05, 0.1) is 4.88 Å². The third-order valence-electron chi connectivity index (χ3n) is 4.03. The molecule has 110 valence electrons. The third kappa shape index (κ3) is 3.16. The molecule has 1 aliphatic carbocycles. The smallest absolute Gasteiger partial charge is 0.263 e. The molecule has 0 spiro atoms. The SMILES string of the molecule is CC1CCc2sc(C(=O)N(C)Cc3cccnc3)cc2C1. The van der Waals surface area contributed by atoms with Crippen LogP contribution in [0.5, 0.6) is 0 Å². The first-order valence-electron chi connectivity index (χ1n) is 7.39. The summed E-state index contributed by atoms with van der Waals surface area (Å²) in [6.45, 7) is 2.89. The average Bonchev–Trinajstić information content (AvgIpc) is 2.90. The van der Waals surface area contributed by atoms with E-state index in [1.54, 1.807) is 22.4 Å². The fraction of sp³-hybridized carbons (Fsp3) is 0.412. The number of hydrogen-bond donors (Lipinski definition) is 0. The number of aryl methyl sites for hydroxylation is 1. The molecule has 0 N–H and O–H groups in total. The monoisotopic (exact) mass is 300 g/mol. The van der Waals surface area contributed by atoms with Gasteiger partial charge in [0, 0.05) is 30.9 Å². The number of aromatic nitrogens is 1. The van der Waals surface area contributed by atoms with Crippen LogP contribution in [0.1, 0.15) is 39.0 Å². The summed E-state index contributed by atoms with van der Waals surface area (Å²) in [5, 5.41) is 0. The van der Waals surface area contributed by atoms with E-state index in [2.05, 4.69) is 18.0 Å². The lowest BCUT2D eigenvalue weighted by molar-refractivity contribution is 0.0789. The van der Waals surface area contributed by atoms with Crippen LogP contribution in [0.3, 0.4) is 0 Å². The van der Waals surface area contributed by atoms with E-state index < -0.39 is 0 Å². The second-order valence-electron chi connectivity index (χ2n) is 5.93. The number of fused-ring (bicyclic) bond motifs is 1. The highest BCUT2D eigenvalue weighted by Crippen LogP contribution is 2.32. The van der Waals surface area contributed by atoms with E-state index in [0.29, 0.717) is 6.54 Å². The Labute approximate surface area is 129 Å². The lowest BCUT2D eigenvalue weighted by atomic mass is 9.90. The molecule has 4 heteroatoms. The van der Waals surface area contributed by atoms with Gasteiger partial charge in [-0.15, -0.1) is 11.3 Å². The van der Waals surface area contributed by atoms with Gasteiger partial charge in [-0.05, 0) is 48.4 Å². The molecule has 0 saturated heterocycles. The van der Waals surface area contributed by atoms with Crippen LogP contribution < -0.4 is 0 Å². The van der Waals surface area contributed by atoms with E-state index in [4.69, 9.17) is 0 Å². The quantitative estimate of drug-likeness (QED) is 0.868. The molecule has 3 nitrogen and oxygen atoms in total. The van der Waals surface area contributed by atoms with Crippen molar-refractivity contribution in [3.8, 4) is 0 Å². The van der Waals surface area contributed by atoms with E-state index in [1.165, 1.54) is 16.9 Å². The number of carbonyl (C=O) groups is 1. The molecule has 1 atom stereocenters. The molecule has 0 aliphatic heterocycles. The van der Waals surface area contributed by atoms with Crippen molar-refractivity contribution in [3.05, 3.63) is 51.5 Å². The summed E-state index contributed by atoms with van der Waals surface area (Å²) in [7, 11) is 1.86. The van der Waals surface area contributed by atoms with Gasteiger partial charge in [0.2, 0.25) is 0 Å². The van der Waals surface area contributed by atoms with Crippen LogP contribution >= 0.6 is 11.3 Å². The molecule has 1 aliphatic rings. The zero-order valence-electron chi connectivity index (χ0n) is 12.5. The number of hydrogen-bond acceptors (Lipinski definition) is 3. The largest absolute Gasteiger partial charge is 0.337 e. The maximum Gasteiger partial charge on any atom is 0.263 e. The van der Waals surface area contributed by atoms with Crippen molar-refractivity contribution in [2.24, 2.45) is 5.92 Å². The molecule has 0 bridgehead atoms. The zero-order valence-corrected chi connectivity index (χ0v) is 13.3. The highest BCUT2D eigenvalue weighted by molar-refractivity contribution is 7.14. The van der Waals surface area contributed by atoms with Gasteiger partial charge in [-0.3, -0.25) is 9.78 Å². The van der Waals surface area contributed by atoms with Crippen molar-refractivity contribution in [1.82, 2.24) is 9.88 Å². The molecule has 1 amide bonds. The van der Waals surface area contributed by atoms with Gasteiger partial charge in [0.1, 0.15) is 0 Å². The van der Waals surface area contributed by atoms with E-state index in [1.807, 2.05) is 25.4 Å². The van der Waals surface area contributed by atoms with Crippen molar-refractivity contribution in [2.45, 2.75) is 32.7 Å². The molecule has 0 radical (unpaired) electrons. The molecule has 0 aromatic carbocycles. The Morgan fingerprint density at radius 3 is 3.14 bits per heavy atom. The summed E-state index contributed by atoms with van der Waals surface area (Å²) >= 11 is 1.68. The fourth-order valence-corrected chi connectivity index (χ4v) is 4.04. The average molecular weight is 300 g/mol. The number of thiophene rings is 1. The number of rotatable bonds is 3. The molecule has 0 saturated carbocycles. The van der Waals surface area contributed by atoms with Gasteiger partial charge >= 0.3 is 0 Å². The van der Waals surface area contributed by atoms with Crippen molar-refractivity contribution in [2.75, 3.05) is 7.05 Å². The summed E-state index contributed by atoms with van der Waals surface area (Å²) in [6, 6.07) is 6.01. The van der Waals surface area contributed by atoms with Crippen LogP contribution in [-0.2, 0) is 19.4 Å². The van der Waals surface area contributed by atoms with Gasteiger partial charge in [0.25, 0.3) is 5.91 Å². The Bertz CT molecular complexity index is 635. The standard InChI is InChI=1S/C17H20N2OS/c1-12-5-6-15-14(8-12)9-16(21-15)17(20)19(2)11-13-4-3-7-18-10-13/h3-4,7,9-10,12H,5-6,8,11H2,1-2H3. The molecule has 21 heavy (non-hydrogen) atoms. The normalized spacial score (nSPS) is 17.3. The van der Waals surface area contributed by atoms with Crippen molar-refractivity contribution in [1.29, 1.82) is 0 Å². The van der Waals surface area contributed by atoms with Gasteiger partial charge < -0.3 is 4.90 Å². The molecular formula is C17H20N2OS. The van der Waals surface area contributed by atoms with Crippen LogP contribution in [0.4, 0.5) is 0 Å². The summed E-state index contributed by atoms with van der Waals surface area (Å²) in [6.07, 6.45) is 7.05. The van der Waals surface area contributed by atoms with Gasteiger partial charge in [0.15, 0.2) is 0 Å². The Balaban J connectivity index is 1.73. The number of nitrogens with zero attached hydrogens (tertiary/aromatic N) is 2. The molecule has 2 heterocycles. The van der Waals surface area contributed by atoms with Crippen molar-refractivity contribution >= 4 is 17.2 Å². The minimum Gasteiger partial charge on any atom is -0.337 e. The fourth-order valence-electron chi connectivity index (χ4n) is 2.84. The zero-order chi connectivity index (χ0) is 14.8.